The molecule has 6 heteroatoms. The van der Waals surface area contributed by atoms with Crippen molar-refractivity contribution in [2.24, 2.45) is 0 Å². The van der Waals surface area contributed by atoms with Gasteiger partial charge in [-0.15, -0.1) is 0 Å². The molecule has 3 rings (SSSR count). The van der Waals surface area contributed by atoms with E-state index in [2.05, 4.69) is 10.1 Å². The highest BCUT2D eigenvalue weighted by molar-refractivity contribution is 5.93. The fourth-order valence-electron chi connectivity index (χ4n) is 2.80. The third-order valence-corrected chi connectivity index (χ3v) is 3.97. The molecule has 0 saturated carbocycles. The van der Waals surface area contributed by atoms with Gasteiger partial charge in [-0.1, -0.05) is 19.0 Å². The molecule has 1 amide bonds. The summed E-state index contributed by atoms with van der Waals surface area (Å²) in [5.41, 5.74) is 0.751. The topological polar surface area (TPSA) is 68.5 Å². The highest BCUT2D eigenvalue weighted by atomic mass is 16.5. The Bertz CT molecular complexity index is 550. The SMILES string of the molecule is CC(C)c1nc([C@@H]2CCCN2C(=O)C2=COCCC2)no1. The van der Waals surface area contributed by atoms with E-state index in [1.54, 1.807) is 6.26 Å². The molecule has 1 aromatic heterocycles. The number of rotatable bonds is 3. The maximum Gasteiger partial charge on any atom is 0.253 e. The van der Waals surface area contributed by atoms with Crippen LogP contribution < -0.4 is 0 Å². The molecular formula is C15H21N3O3. The van der Waals surface area contributed by atoms with Crippen LogP contribution in [-0.4, -0.2) is 34.1 Å². The monoisotopic (exact) mass is 291 g/mol. The molecule has 0 aliphatic carbocycles. The highest BCUT2D eigenvalue weighted by Crippen LogP contribution is 2.33. The van der Waals surface area contributed by atoms with E-state index in [9.17, 15) is 4.79 Å². The second-order valence-electron chi connectivity index (χ2n) is 5.92. The lowest BCUT2D eigenvalue weighted by Gasteiger charge is -2.24. The zero-order valence-corrected chi connectivity index (χ0v) is 12.5. The van der Waals surface area contributed by atoms with E-state index in [0.29, 0.717) is 18.3 Å². The van der Waals surface area contributed by atoms with Crippen LogP contribution in [0.25, 0.3) is 0 Å². The Morgan fingerprint density at radius 3 is 2.95 bits per heavy atom. The van der Waals surface area contributed by atoms with E-state index in [4.69, 9.17) is 9.26 Å². The van der Waals surface area contributed by atoms with Crippen molar-refractivity contribution in [3.05, 3.63) is 23.6 Å². The van der Waals surface area contributed by atoms with Crippen LogP contribution >= 0.6 is 0 Å². The number of carbonyl (C=O) groups is 1. The van der Waals surface area contributed by atoms with Crippen LogP contribution in [0.15, 0.2) is 16.4 Å². The van der Waals surface area contributed by atoms with Crippen LogP contribution in [-0.2, 0) is 9.53 Å². The molecule has 21 heavy (non-hydrogen) atoms. The van der Waals surface area contributed by atoms with Crippen molar-refractivity contribution in [1.29, 1.82) is 0 Å². The van der Waals surface area contributed by atoms with Gasteiger partial charge in [0, 0.05) is 12.5 Å². The first-order valence-electron chi connectivity index (χ1n) is 7.62. The maximum absolute atomic E-state index is 12.6. The molecule has 0 aromatic carbocycles. The standard InChI is InChI=1S/C15H21N3O3/c1-10(2)14-16-13(17-21-14)12-6-3-7-18(12)15(19)11-5-4-8-20-9-11/h9-10,12H,3-8H2,1-2H3/t12-/m0/s1. The largest absolute Gasteiger partial charge is 0.501 e. The number of likely N-dealkylation sites (tertiary alicyclic amines) is 1. The van der Waals surface area contributed by atoms with Gasteiger partial charge in [-0.2, -0.15) is 4.98 Å². The zero-order valence-electron chi connectivity index (χ0n) is 12.5. The minimum atomic E-state index is -0.0726. The van der Waals surface area contributed by atoms with Gasteiger partial charge in [-0.3, -0.25) is 4.79 Å². The van der Waals surface area contributed by atoms with Crippen LogP contribution in [0, 0.1) is 0 Å². The molecule has 2 aliphatic heterocycles. The number of hydrogen-bond acceptors (Lipinski definition) is 5. The summed E-state index contributed by atoms with van der Waals surface area (Å²) in [6, 6.07) is -0.0726. The molecule has 1 aromatic rings. The maximum atomic E-state index is 12.6. The van der Waals surface area contributed by atoms with E-state index < -0.39 is 0 Å². The van der Waals surface area contributed by atoms with Gasteiger partial charge in [0.1, 0.15) is 0 Å². The summed E-state index contributed by atoms with van der Waals surface area (Å²) >= 11 is 0. The molecule has 0 spiro atoms. The van der Waals surface area contributed by atoms with E-state index >= 15 is 0 Å². The Hall–Kier alpha value is -1.85. The fourth-order valence-corrected chi connectivity index (χ4v) is 2.80. The third kappa shape index (κ3) is 2.80. The van der Waals surface area contributed by atoms with Gasteiger partial charge < -0.3 is 14.2 Å². The first-order chi connectivity index (χ1) is 10.2. The Labute approximate surface area is 124 Å². The quantitative estimate of drug-likeness (QED) is 0.856. The van der Waals surface area contributed by atoms with E-state index in [0.717, 1.165) is 37.8 Å². The molecule has 0 unspecified atom stereocenters. The van der Waals surface area contributed by atoms with Crippen LogP contribution in [0.2, 0.25) is 0 Å². The second-order valence-corrected chi connectivity index (χ2v) is 5.92. The van der Waals surface area contributed by atoms with Crippen molar-refractivity contribution >= 4 is 5.91 Å². The fraction of sp³-hybridized carbons (Fsp3) is 0.667. The molecule has 2 aliphatic rings. The Kier molecular flexibility index (Phi) is 3.94. The van der Waals surface area contributed by atoms with E-state index in [-0.39, 0.29) is 17.9 Å². The molecule has 3 heterocycles. The Balaban J connectivity index is 1.78. The number of ether oxygens (including phenoxy) is 1. The van der Waals surface area contributed by atoms with Crippen molar-refractivity contribution in [1.82, 2.24) is 15.0 Å². The lowest BCUT2D eigenvalue weighted by molar-refractivity contribution is -0.128. The summed E-state index contributed by atoms with van der Waals surface area (Å²) in [6.45, 7) is 5.47. The first-order valence-corrected chi connectivity index (χ1v) is 7.62. The molecule has 1 fully saturated rings. The van der Waals surface area contributed by atoms with Crippen molar-refractivity contribution in [3.8, 4) is 0 Å². The summed E-state index contributed by atoms with van der Waals surface area (Å²) in [5.74, 6) is 1.51. The average Bonchev–Trinajstić information content (AvgIpc) is 3.16. The highest BCUT2D eigenvalue weighted by Gasteiger charge is 2.35. The molecule has 0 bridgehead atoms. The van der Waals surface area contributed by atoms with Crippen LogP contribution in [0.1, 0.15) is 63.2 Å². The summed E-state index contributed by atoms with van der Waals surface area (Å²) in [5, 5.41) is 4.07. The number of aromatic nitrogens is 2. The van der Waals surface area contributed by atoms with Crippen LogP contribution in [0.4, 0.5) is 0 Å². The molecule has 6 nitrogen and oxygen atoms in total. The normalized spacial score (nSPS) is 22.3. The molecule has 114 valence electrons. The van der Waals surface area contributed by atoms with Crippen molar-refractivity contribution in [2.45, 2.75) is 51.5 Å². The van der Waals surface area contributed by atoms with Gasteiger partial charge in [0.2, 0.25) is 5.89 Å². The second kappa shape index (κ2) is 5.87. The summed E-state index contributed by atoms with van der Waals surface area (Å²) in [7, 11) is 0. The predicted molar refractivity (Wildman–Crippen MR) is 75.3 cm³/mol. The third-order valence-electron chi connectivity index (χ3n) is 3.97. The summed E-state index contributed by atoms with van der Waals surface area (Å²) in [4.78, 5) is 18.9. The minimum Gasteiger partial charge on any atom is -0.501 e. The number of nitrogens with zero attached hydrogens (tertiary/aromatic N) is 3. The van der Waals surface area contributed by atoms with Gasteiger partial charge in [-0.25, -0.2) is 0 Å². The van der Waals surface area contributed by atoms with Crippen LogP contribution in [0.5, 0.6) is 0 Å². The van der Waals surface area contributed by atoms with Crippen molar-refractivity contribution < 1.29 is 14.1 Å². The van der Waals surface area contributed by atoms with Crippen LogP contribution in [0.3, 0.4) is 0 Å². The molecule has 1 atom stereocenters. The van der Waals surface area contributed by atoms with Gasteiger partial charge in [0.25, 0.3) is 5.91 Å². The number of amides is 1. The Morgan fingerprint density at radius 1 is 1.43 bits per heavy atom. The molecule has 0 radical (unpaired) electrons. The zero-order chi connectivity index (χ0) is 14.8. The predicted octanol–water partition coefficient (Wildman–Crippen LogP) is 2.55. The molecule has 0 N–H and O–H groups in total. The van der Waals surface area contributed by atoms with Gasteiger partial charge >= 0.3 is 0 Å². The Morgan fingerprint density at radius 2 is 2.29 bits per heavy atom. The molecule has 1 saturated heterocycles. The summed E-state index contributed by atoms with van der Waals surface area (Å²) < 4.78 is 10.6. The van der Waals surface area contributed by atoms with Crippen molar-refractivity contribution in [3.63, 3.8) is 0 Å². The smallest absolute Gasteiger partial charge is 0.253 e. The summed E-state index contributed by atoms with van der Waals surface area (Å²) in [6.07, 6.45) is 5.14. The van der Waals surface area contributed by atoms with E-state index in [1.165, 1.54) is 0 Å². The van der Waals surface area contributed by atoms with E-state index in [1.807, 2.05) is 18.7 Å². The van der Waals surface area contributed by atoms with Gasteiger partial charge in [0.15, 0.2) is 5.82 Å². The lowest BCUT2D eigenvalue weighted by Crippen LogP contribution is -2.33. The molecular weight excluding hydrogens is 270 g/mol. The van der Waals surface area contributed by atoms with Gasteiger partial charge in [0.05, 0.1) is 24.5 Å². The number of hydrogen-bond donors (Lipinski definition) is 0. The lowest BCUT2D eigenvalue weighted by atomic mass is 10.1. The van der Waals surface area contributed by atoms with Crippen molar-refractivity contribution in [2.75, 3.05) is 13.2 Å². The minimum absolute atomic E-state index is 0.0492. The van der Waals surface area contributed by atoms with Gasteiger partial charge in [-0.05, 0) is 25.7 Å². The average molecular weight is 291 g/mol. The first kappa shape index (κ1) is 14.1. The number of carbonyl (C=O) groups excluding carboxylic acids is 1.